The maximum Gasteiger partial charge on any atom is 0.175 e. The minimum Gasteiger partial charge on any atom is -0.593 e. The molecule has 1 aromatic carbocycles. The molecule has 3 heterocycles. The van der Waals surface area contributed by atoms with Crippen LogP contribution in [0.1, 0.15) is 0 Å². The smallest absolute Gasteiger partial charge is 0.175 e. The van der Waals surface area contributed by atoms with E-state index in [9.17, 15) is 8.76 Å². The molecule has 23 heavy (non-hydrogen) atoms. The van der Waals surface area contributed by atoms with Crippen molar-refractivity contribution in [3.8, 4) is 0 Å². The van der Waals surface area contributed by atoms with E-state index in [0.29, 0.717) is 13.1 Å². The van der Waals surface area contributed by atoms with Crippen molar-refractivity contribution in [2.75, 3.05) is 18.0 Å². The monoisotopic (exact) mass is 329 g/mol. The Morgan fingerprint density at radius 1 is 1.13 bits per heavy atom. The van der Waals surface area contributed by atoms with Gasteiger partial charge in [0.05, 0.1) is 12.2 Å². The van der Waals surface area contributed by atoms with Gasteiger partial charge >= 0.3 is 0 Å². The number of hydrogen-bond acceptors (Lipinski definition) is 5. The molecule has 0 spiro atoms. The van der Waals surface area contributed by atoms with Gasteiger partial charge in [-0.1, -0.05) is 22.4 Å². The minimum atomic E-state index is -3.47. The summed E-state index contributed by atoms with van der Waals surface area (Å²) in [6.07, 6.45) is 3.43. The second kappa shape index (κ2) is 5.41. The molecule has 1 atom stereocenters. The van der Waals surface area contributed by atoms with Gasteiger partial charge in [-0.15, -0.1) is 4.72 Å². The number of benzene rings is 1. The molecule has 2 aromatic heterocycles. The fourth-order valence-electron chi connectivity index (χ4n) is 2.69. The molecular formula is C15H15N5O2S. The summed E-state index contributed by atoms with van der Waals surface area (Å²) in [5, 5.41) is 4.24. The van der Waals surface area contributed by atoms with Crippen LogP contribution in [0.2, 0.25) is 0 Å². The summed E-state index contributed by atoms with van der Waals surface area (Å²) in [6, 6.07) is 12.0. The third-order valence-electron chi connectivity index (χ3n) is 3.85. The molecule has 1 aliphatic heterocycles. The van der Waals surface area contributed by atoms with E-state index in [4.69, 9.17) is 0 Å². The maximum atomic E-state index is 12.3. The Bertz CT molecular complexity index is 876. The first-order chi connectivity index (χ1) is 11.1. The molecule has 1 fully saturated rings. The van der Waals surface area contributed by atoms with Crippen LogP contribution in [0, 0.1) is 0 Å². The molecule has 8 heteroatoms. The predicted molar refractivity (Wildman–Crippen MR) is 85.7 cm³/mol. The normalized spacial score (nSPS) is 17.9. The van der Waals surface area contributed by atoms with E-state index in [1.807, 2.05) is 12.1 Å². The number of nitrogens with zero attached hydrogens (tertiary/aromatic N) is 4. The molecule has 0 amide bonds. The Labute approximate surface area is 134 Å². The highest BCUT2D eigenvalue weighted by atomic mass is 32.3. The van der Waals surface area contributed by atoms with Gasteiger partial charge in [0.25, 0.3) is 0 Å². The van der Waals surface area contributed by atoms with Gasteiger partial charge in [0.15, 0.2) is 20.9 Å². The van der Waals surface area contributed by atoms with Crippen molar-refractivity contribution < 1.29 is 8.76 Å². The topological polar surface area (TPSA) is 85.6 Å². The first kappa shape index (κ1) is 14.3. The van der Waals surface area contributed by atoms with Crippen LogP contribution >= 0.6 is 0 Å². The van der Waals surface area contributed by atoms with Crippen LogP contribution in [0.4, 0.5) is 5.82 Å². The van der Waals surface area contributed by atoms with Gasteiger partial charge in [0.1, 0.15) is 5.82 Å². The summed E-state index contributed by atoms with van der Waals surface area (Å²) >= 11 is 0. The molecule has 118 valence electrons. The van der Waals surface area contributed by atoms with Crippen LogP contribution in [0.3, 0.4) is 0 Å². The summed E-state index contributed by atoms with van der Waals surface area (Å²) in [5.74, 6) is 0.912. The number of aromatic nitrogens is 3. The van der Waals surface area contributed by atoms with Crippen LogP contribution < -0.4 is 9.62 Å². The third kappa shape index (κ3) is 2.61. The molecule has 4 rings (SSSR count). The van der Waals surface area contributed by atoms with E-state index in [-0.39, 0.29) is 10.9 Å². The van der Waals surface area contributed by atoms with E-state index in [1.165, 1.54) is 0 Å². The Morgan fingerprint density at radius 3 is 2.70 bits per heavy atom. The Kier molecular flexibility index (Phi) is 3.37. The highest BCUT2D eigenvalue weighted by Gasteiger charge is 2.35. The van der Waals surface area contributed by atoms with Gasteiger partial charge in [-0.2, -0.15) is 9.61 Å². The van der Waals surface area contributed by atoms with Crippen molar-refractivity contribution in [2.45, 2.75) is 10.9 Å². The van der Waals surface area contributed by atoms with Crippen molar-refractivity contribution in [3.63, 3.8) is 0 Å². The highest BCUT2D eigenvalue weighted by molar-refractivity contribution is 7.95. The maximum absolute atomic E-state index is 12.3. The summed E-state index contributed by atoms with van der Waals surface area (Å²) < 4.78 is 29.1. The second-order valence-electron chi connectivity index (χ2n) is 5.44. The summed E-state index contributed by atoms with van der Waals surface area (Å²) in [5.41, 5.74) is 0.774. The lowest BCUT2D eigenvalue weighted by Gasteiger charge is -2.40. The fourth-order valence-corrected chi connectivity index (χ4v) is 3.93. The van der Waals surface area contributed by atoms with Gasteiger partial charge in [0, 0.05) is 25.4 Å². The average Bonchev–Trinajstić information content (AvgIpc) is 3.00. The van der Waals surface area contributed by atoms with Crippen LogP contribution in [0.5, 0.6) is 0 Å². The Morgan fingerprint density at radius 2 is 1.91 bits per heavy atom. The summed E-state index contributed by atoms with van der Waals surface area (Å²) in [6.45, 7) is 1.20. The van der Waals surface area contributed by atoms with Gasteiger partial charge < -0.3 is 9.45 Å². The highest BCUT2D eigenvalue weighted by Crippen LogP contribution is 2.23. The van der Waals surface area contributed by atoms with Crippen LogP contribution in [-0.4, -0.2) is 38.3 Å². The number of anilines is 1. The van der Waals surface area contributed by atoms with E-state index in [1.54, 1.807) is 47.2 Å². The van der Waals surface area contributed by atoms with Crippen molar-refractivity contribution in [3.05, 3.63) is 54.9 Å². The first-order valence-electron chi connectivity index (χ1n) is 7.24. The van der Waals surface area contributed by atoms with Crippen molar-refractivity contribution in [1.29, 1.82) is 0 Å². The molecule has 0 bridgehead atoms. The largest absolute Gasteiger partial charge is 0.593 e. The van der Waals surface area contributed by atoms with Gasteiger partial charge in [0.2, 0.25) is 0 Å². The fraction of sp³-hybridized carbons (Fsp3) is 0.200. The molecule has 1 aliphatic rings. The predicted octanol–water partition coefficient (Wildman–Crippen LogP) is 1.11. The summed E-state index contributed by atoms with van der Waals surface area (Å²) in [7, 11) is -3.47. The van der Waals surface area contributed by atoms with Crippen molar-refractivity contribution >= 4 is 21.9 Å². The molecule has 0 saturated carbocycles. The van der Waals surface area contributed by atoms with Crippen molar-refractivity contribution in [2.24, 2.45) is 0 Å². The van der Waals surface area contributed by atoms with Crippen LogP contribution in [0.15, 0.2) is 59.8 Å². The molecular weight excluding hydrogens is 314 g/mol. The lowest BCUT2D eigenvalue weighted by atomic mass is 10.1. The minimum absolute atomic E-state index is 0.112. The molecule has 3 aromatic rings. The third-order valence-corrected chi connectivity index (χ3v) is 5.39. The number of hydrogen-bond donors (Lipinski definition) is 1. The standard InChI is InChI=1S/C15H15N5O2S/c21-23(22,13-4-2-1-3-5-13)18-12-10-19(11-12)15-7-8-16-14-6-9-17-20(14)15/h1-9,12H,10-11H2,(H-,18,21,22). The SMILES string of the molecule is O=[S+]([O-])(NC1CN(c2ccnc3ccnn23)C1)c1ccccc1. The number of nitrogens with one attached hydrogen (secondary N) is 1. The van der Waals surface area contributed by atoms with E-state index >= 15 is 0 Å². The second-order valence-corrected chi connectivity index (χ2v) is 7.15. The van der Waals surface area contributed by atoms with E-state index < -0.39 is 10.4 Å². The zero-order valence-electron chi connectivity index (χ0n) is 12.2. The van der Waals surface area contributed by atoms with Crippen LogP contribution in [0.25, 0.3) is 5.65 Å². The molecule has 0 radical (unpaired) electrons. The average molecular weight is 329 g/mol. The zero-order chi connectivity index (χ0) is 15.9. The van der Waals surface area contributed by atoms with E-state index in [0.717, 1.165) is 11.5 Å². The van der Waals surface area contributed by atoms with Gasteiger partial charge in [-0.3, -0.25) is 0 Å². The lowest BCUT2D eigenvalue weighted by Crippen LogP contribution is -2.60. The molecule has 1 saturated heterocycles. The van der Waals surface area contributed by atoms with Crippen molar-refractivity contribution in [1.82, 2.24) is 19.3 Å². The molecule has 7 nitrogen and oxygen atoms in total. The summed E-state index contributed by atoms with van der Waals surface area (Å²) in [4.78, 5) is 6.58. The molecule has 1 unspecified atom stereocenters. The van der Waals surface area contributed by atoms with Gasteiger partial charge in [-0.25, -0.2) is 4.98 Å². The molecule has 1 N–H and O–H groups in total. The number of sulfonamides is 1. The van der Waals surface area contributed by atoms with E-state index in [2.05, 4.69) is 19.7 Å². The zero-order valence-corrected chi connectivity index (χ0v) is 13.0. The lowest BCUT2D eigenvalue weighted by molar-refractivity contribution is 0.418. The molecule has 0 aliphatic carbocycles. The quantitative estimate of drug-likeness (QED) is 0.725. The number of fused-ring (bicyclic) bond motifs is 1. The first-order valence-corrected chi connectivity index (χ1v) is 8.73. The Hall–Kier alpha value is -2.29. The van der Waals surface area contributed by atoms with Gasteiger partial charge in [-0.05, 0) is 18.2 Å². The van der Waals surface area contributed by atoms with Crippen LogP contribution in [-0.2, 0) is 14.6 Å². The Balaban J connectivity index is 1.46. The number of rotatable bonds is 4.